The zero-order chi connectivity index (χ0) is 30.3. The molecule has 8 rings (SSSR count). The Kier molecular flexibility index (Phi) is 6.62. The van der Waals surface area contributed by atoms with E-state index in [0.717, 1.165) is 10.4 Å². The van der Waals surface area contributed by atoms with Crippen LogP contribution in [0.25, 0.3) is 89.1 Å². The van der Waals surface area contributed by atoms with Gasteiger partial charge >= 0.3 is 0 Å². The first kappa shape index (κ1) is 26.9. The van der Waals surface area contributed by atoms with Crippen molar-refractivity contribution in [3.05, 3.63) is 168 Å². The van der Waals surface area contributed by atoms with Crippen LogP contribution in [-0.4, -0.2) is 0 Å². The minimum atomic E-state index is 1.04. The summed E-state index contributed by atoms with van der Waals surface area (Å²) in [6, 6.07) is 53.0. The molecule has 8 aromatic carbocycles. The highest BCUT2D eigenvalue weighted by molar-refractivity contribution is 6.16. The molecule has 0 aliphatic rings. The molecule has 0 fully saturated rings. The third-order valence-electron chi connectivity index (χ3n) is 9.09. The number of allylic oxidation sites excluding steroid dienone is 2. The second kappa shape index (κ2) is 11.1. The zero-order valence-corrected chi connectivity index (χ0v) is 25.3. The summed E-state index contributed by atoms with van der Waals surface area (Å²) < 4.78 is 0. The quantitative estimate of drug-likeness (QED) is 0.145. The summed E-state index contributed by atoms with van der Waals surface area (Å²) in [5.74, 6) is 0. The average Bonchev–Trinajstić information content (AvgIpc) is 3.10. The molecule has 0 N–H and O–H groups in total. The van der Waals surface area contributed by atoms with Crippen molar-refractivity contribution in [2.24, 2.45) is 0 Å². The molecule has 8 aromatic rings. The van der Waals surface area contributed by atoms with Gasteiger partial charge in [0.15, 0.2) is 0 Å². The number of benzene rings is 8. The lowest BCUT2D eigenvalue weighted by atomic mass is 9.85. The lowest BCUT2D eigenvalue weighted by Gasteiger charge is -2.18. The van der Waals surface area contributed by atoms with Crippen LogP contribution < -0.4 is 10.4 Å². The summed E-state index contributed by atoms with van der Waals surface area (Å²) in [5, 5.41) is 12.2. The molecular weight excluding hydrogens is 540 g/mol. The SMILES string of the molecule is C=c1c(-c2cccc3cc4ccc5ccccc5c4cc23)c2cc(-c3ccccc3)ccc2c(-c2ccccc2)c1=CC=CC. The van der Waals surface area contributed by atoms with Crippen molar-refractivity contribution in [1.29, 1.82) is 0 Å². The summed E-state index contributed by atoms with van der Waals surface area (Å²) >= 11 is 0. The fourth-order valence-corrected chi connectivity index (χ4v) is 6.97. The smallest absolute Gasteiger partial charge is 0.00259 e. The van der Waals surface area contributed by atoms with Gasteiger partial charge in [-0.1, -0.05) is 152 Å². The van der Waals surface area contributed by atoms with Gasteiger partial charge in [0, 0.05) is 0 Å². The van der Waals surface area contributed by atoms with Crippen molar-refractivity contribution < 1.29 is 0 Å². The van der Waals surface area contributed by atoms with Crippen molar-refractivity contribution in [3.63, 3.8) is 0 Å². The van der Waals surface area contributed by atoms with Crippen molar-refractivity contribution in [3.8, 4) is 33.4 Å². The summed E-state index contributed by atoms with van der Waals surface area (Å²) in [7, 11) is 0. The van der Waals surface area contributed by atoms with Crippen LogP contribution in [0.3, 0.4) is 0 Å². The fourth-order valence-electron chi connectivity index (χ4n) is 6.97. The van der Waals surface area contributed by atoms with E-state index in [2.05, 4.69) is 171 Å². The number of hydrogen-bond donors (Lipinski definition) is 0. The molecule has 45 heavy (non-hydrogen) atoms. The van der Waals surface area contributed by atoms with Crippen LogP contribution in [0.2, 0.25) is 0 Å². The Morgan fingerprint density at radius 2 is 1.13 bits per heavy atom. The van der Waals surface area contributed by atoms with E-state index in [-0.39, 0.29) is 0 Å². The standard InChI is InChI=1S/C45H32/c1-3-4-20-37-30(2)44(39-22-13-19-35-27-36-24-23-32-16-11-12-21-38(32)41(36)29-42(35)39)43-28-34(31-14-7-5-8-15-31)25-26-40(43)45(37)33-17-9-6-10-18-33/h3-29H,2H2,1H3. The molecule has 0 heteroatoms. The maximum Gasteiger partial charge on any atom is -0.00259 e. The molecule has 0 aliphatic heterocycles. The molecule has 0 aliphatic carbocycles. The van der Waals surface area contributed by atoms with Crippen LogP contribution in [0, 0.1) is 0 Å². The lowest BCUT2D eigenvalue weighted by Crippen LogP contribution is -2.28. The van der Waals surface area contributed by atoms with Crippen LogP contribution in [0.4, 0.5) is 0 Å². The van der Waals surface area contributed by atoms with E-state index < -0.39 is 0 Å². The molecular formula is C45H32. The van der Waals surface area contributed by atoms with E-state index in [9.17, 15) is 0 Å². The predicted molar refractivity (Wildman–Crippen MR) is 197 cm³/mol. The molecule has 212 valence electrons. The maximum atomic E-state index is 4.84. The Bertz CT molecular complexity index is 2540. The minimum absolute atomic E-state index is 1.04. The average molecular weight is 573 g/mol. The molecule has 0 radical (unpaired) electrons. The zero-order valence-electron chi connectivity index (χ0n) is 25.3. The van der Waals surface area contributed by atoms with Gasteiger partial charge in [0.2, 0.25) is 0 Å². The minimum Gasteiger partial charge on any atom is -0.0905 e. The van der Waals surface area contributed by atoms with Crippen molar-refractivity contribution in [2.75, 3.05) is 0 Å². The Balaban J connectivity index is 1.55. The third kappa shape index (κ3) is 4.55. The largest absolute Gasteiger partial charge is 0.0905 e. The van der Waals surface area contributed by atoms with E-state index in [1.54, 1.807) is 0 Å². The van der Waals surface area contributed by atoms with Gasteiger partial charge in [-0.2, -0.15) is 0 Å². The fraction of sp³-hybridized carbons (Fsp3) is 0.0222. The first-order chi connectivity index (χ1) is 22.2. The second-order valence-corrected chi connectivity index (χ2v) is 11.7. The molecule has 0 nitrogen and oxygen atoms in total. The normalized spacial score (nSPS) is 12.2. The van der Waals surface area contributed by atoms with E-state index in [4.69, 9.17) is 6.58 Å². The van der Waals surface area contributed by atoms with E-state index >= 15 is 0 Å². The first-order valence-electron chi connectivity index (χ1n) is 15.6. The van der Waals surface area contributed by atoms with Gasteiger partial charge in [0.25, 0.3) is 0 Å². The van der Waals surface area contributed by atoms with Crippen LogP contribution in [-0.2, 0) is 0 Å². The maximum absolute atomic E-state index is 4.84. The Hall–Kier alpha value is -5.72. The van der Waals surface area contributed by atoms with Gasteiger partial charge in [0.05, 0.1) is 0 Å². The third-order valence-corrected chi connectivity index (χ3v) is 9.09. The highest BCUT2D eigenvalue weighted by atomic mass is 14.2. The number of fused-ring (bicyclic) bond motifs is 5. The van der Waals surface area contributed by atoms with Crippen LogP contribution in [0.1, 0.15) is 6.92 Å². The summed E-state index contributed by atoms with van der Waals surface area (Å²) in [6.45, 7) is 6.91. The van der Waals surface area contributed by atoms with E-state index in [1.165, 1.54) is 76.5 Å². The van der Waals surface area contributed by atoms with Gasteiger partial charge in [-0.15, -0.1) is 0 Å². The van der Waals surface area contributed by atoms with Gasteiger partial charge in [-0.25, -0.2) is 0 Å². The number of hydrogen-bond acceptors (Lipinski definition) is 0. The van der Waals surface area contributed by atoms with Crippen LogP contribution >= 0.6 is 0 Å². The lowest BCUT2D eigenvalue weighted by molar-refractivity contribution is 1.53. The summed E-state index contributed by atoms with van der Waals surface area (Å²) in [5.41, 5.74) is 7.20. The molecule has 0 bridgehead atoms. The molecule has 0 amide bonds. The van der Waals surface area contributed by atoms with Gasteiger partial charge in [-0.3, -0.25) is 0 Å². The monoisotopic (exact) mass is 572 g/mol. The second-order valence-electron chi connectivity index (χ2n) is 11.7. The molecule has 0 atom stereocenters. The summed E-state index contributed by atoms with van der Waals surface area (Å²) in [4.78, 5) is 0. The molecule has 0 aromatic heterocycles. The molecule has 0 spiro atoms. The Morgan fingerprint density at radius 3 is 1.93 bits per heavy atom. The van der Waals surface area contributed by atoms with Crippen LogP contribution in [0.5, 0.6) is 0 Å². The van der Waals surface area contributed by atoms with Gasteiger partial charge in [-0.05, 0) is 112 Å². The Morgan fingerprint density at radius 1 is 0.444 bits per heavy atom. The van der Waals surface area contributed by atoms with Gasteiger partial charge in [0.1, 0.15) is 0 Å². The van der Waals surface area contributed by atoms with Gasteiger partial charge < -0.3 is 0 Å². The molecule has 0 heterocycles. The predicted octanol–water partition coefficient (Wildman–Crippen LogP) is 11.1. The topological polar surface area (TPSA) is 0 Å². The Labute approximate surface area is 263 Å². The van der Waals surface area contributed by atoms with Crippen molar-refractivity contribution in [1.82, 2.24) is 0 Å². The molecule has 0 saturated carbocycles. The molecule has 0 unspecified atom stereocenters. The van der Waals surface area contributed by atoms with Crippen LogP contribution in [0.15, 0.2) is 158 Å². The number of rotatable bonds is 4. The van der Waals surface area contributed by atoms with Crippen molar-refractivity contribution in [2.45, 2.75) is 6.92 Å². The molecule has 0 saturated heterocycles. The van der Waals surface area contributed by atoms with E-state index in [1.807, 2.05) is 0 Å². The highest BCUT2D eigenvalue weighted by Gasteiger charge is 2.17. The summed E-state index contributed by atoms with van der Waals surface area (Å²) in [6.07, 6.45) is 6.45. The van der Waals surface area contributed by atoms with E-state index in [0.29, 0.717) is 0 Å². The highest BCUT2D eigenvalue weighted by Crippen LogP contribution is 2.39. The van der Waals surface area contributed by atoms with Crippen molar-refractivity contribution >= 4 is 55.7 Å². The first-order valence-corrected chi connectivity index (χ1v) is 15.6.